The van der Waals surface area contributed by atoms with Gasteiger partial charge in [-0.05, 0) is 19.4 Å². The molecule has 0 bridgehead atoms. The van der Waals surface area contributed by atoms with Gasteiger partial charge in [0, 0.05) is 12.8 Å². The molecule has 0 saturated heterocycles. The second-order valence-corrected chi connectivity index (χ2v) is 4.46. The third kappa shape index (κ3) is 1.55. The van der Waals surface area contributed by atoms with E-state index < -0.39 is 5.41 Å². The van der Waals surface area contributed by atoms with E-state index >= 15 is 0 Å². The van der Waals surface area contributed by atoms with Crippen LogP contribution in [0.25, 0.3) is 0 Å². The monoisotopic (exact) mass is 199 g/mol. The van der Waals surface area contributed by atoms with Crippen molar-refractivity contribution in [3.63, 3.8) is 0 Å². The maximum absolute atomic E-state index is 11.1. The molecule has 0 unspecified atom stereocenters. The van der Waals surface area contributed by atoms with Crippen LogP contribution in [0.4, 0.5) is 0 Å². The normalized spacial score (nSPS) is 18.1. The Balaban J connectivity index is 2.45. The minimum Gasteiger partial charge on any atom is -0.300 e. The van der Waals surface area contributed by atoms with E-state index in [1.165, 1.54) is 0 Å². The van der Waals surface area contributed by atoms with Crippen LogP contribution in [0.1, 0.15) is 29.5 Å². The van der Waals surface area contributed by atoms with Gasteiger partial charge in [0.05, 0.1) is 11.5 Å². The molecule has 1 aliphatic carbocycles. The van der Waals surface area contributed by atoms with Gasteiger partial charge in [0.15, 0.2) is 0 Å². The molecule has 1 saturated carbocycles. The highest BCUT2D eigenvalue weighted by Gasteiger charge is 2.45. The highest BCUT2D eigenvalue weighted by Crippen LogP contribution is 2.41. The third-order valence-corrected chi connectivity index (χ3v) is 2.99. The van der Waals surface area contributed by atoms with Gasteiger partial charge in [0.25, 0.3) is 0 Å². The molecule has 0 radical (unpaired) electrons. The van der Waals surface area contributed by atoms with E-state index in [2.05, 4.69) is 12.1 Å². The lowest BCUT2D eigenvalue weighted by molar-refractivity contribution is -0.126. The summed E-state index contributed by atoms with van der Waals surface area (Å²) in [6.07, 6.45) is 0.763. The number of ketones is 1. The van der Waals surface area contributed by atoms with Gasteiger partial charge >= 0.3 is 0 Å². The zero-order chi connectivity index (χ0) is 11.1. The van der Waals surface area contributed by atoms with Crippen LogP contribution in [-0.2, 0) is 10.2 Å². The Morgan fingerprint density at radius 2 is 1.73 bits per heavy atom. The summed E-state index contributed by atoms with van der Waals surface area (Å²) in [5.74, 6) is 0.190. The zero-order valence-electron chi connectivity index (χ0n) is 9.00. The number of Topliss-reactive ketones (excluding diaryl/α,β-unsaturated/α-hetero) is 1. The molecule has 1 aromatic rings. The van der Waals surface area contributed by atoms with Crippen LogP contribution < -0.4 is 0 Å². The molecule has 0 amide bonds. The largest absolute Gasteiger partial charge is 0.300 e. The average Bonchev–Trinajstić information content (AvgIpc) is 2.10. The predicted octanol–water partition coefficient (Wildman–Crippen LogP) is 2.43. The lowest BCUT2D eigenvalue weighted by Gasteiger charge is -2.34. The van der Waals surface area contributed by atoms with Gasteiger partial charge < -0.3 is 0 Å². The van der Waals surface area contributed by atoms with Crippen molar-refractivity contribution in [2.75, 3.05) is 0 Å². The van der Waals surface area contributed by atoms with Crippen molar-refractivity contribution in [1.82, 2.24) is 0 Å². The Morgan fingerprint density at radius 1 is 1.20 bits per heavy atom. The topological polar surface area (TPSA) is 40.9 Å². The Labute approximate surface area is 89.5 Å². The highest BCUT2D eigenvalue weighted by atomic mass is 16.1. The Kier molecular flexibility index (Phi) is 2.12. The Bertz CT molecular complexity index is 440. The smallest absolute Gasteiger partial charge is 0.136 e. The zero-order valence-corrected chi connectivity index (χ0v) is 9.00. The number of carbonyl (C=O) groups is 1. The first-order valence-electron chi connectivity index (χ1n) is 5.07. The van der Waals surface area contributed by atoms with Crippen molar-refractivity contribution in [3.8, 4) is 6.07 Å². The fraction of sp³-hybridized carbons (Fsp3) is 0.385. The molecule has 1 aliphatic rings. The first-order chi connectivity index (χ1) is 7.05. The molecular formula is C13H13NO. The summed E-state index contributed by atoms with van der Waals surface area (Å²) in [7, 11) is 0. The van der Waals surface area contributed by atoms with Crippen LogP contribution in [0.5, 0.6) is 0 Å². The molecule has 0 spiro atoms. The van der Waals surface area contributed by atoms with E-state index in [1.54, 1.807) is 0 Å². The molecule has 2 nitrogen and oxygen atoms in total. The summed E-state index contributed by atoms with van der Waals surface area (Å²) < 4.78 is 0. The number of benzene rings is 1. The number of hydrogen-bond donors (Lipinski definition) is 0. The van der Waals surface area contributed by atoms with Gasteiger partial charge in [-0.15, -0.1) is 0 Å². The number of nitrogens with zero attached hydrogens (tertiary/aromatic N) is 1. The van der Waals surface area contributed by atoms with Crippen molar-refractivity contribution in [2.24, 2.45) is 0 Å². The van der Waals surface area contributed by atoms with Crippen molar-refractivity contribution in [1.29, 1.82) is 5.26 Å². The summed E-state index contributed by atoms with van der Waals surface area (Å²) in [5.41, 5.74) is 2.77. The van der Waals surface area contributed by atoms with Gasteiger partial charge in [-0.2, -0.15) is 5.26 Å². The molecule has 15 heavy (non-hydrogen) atoms. The maximum Gasteiger partial charge on any atom is 0.136 e. The SMILES string of the molecule is Cc1cc(C)cc(C2(C#N)CC(=O)C2)c1. The molecule has 0 heterocycles. The van der Waals surface area contributed by atoms with Gasteiger partial charge in [-0.25, -0.2) is 0 Å². The predicted molar refractivity (Wildman–Crippen MR) is 57.4 cm³/mol. The molecule has 2 heteroatoms. The molecule has 1 fully saturated rings. The minimum absolute atomic E-state index is 0.190. The first kappa shape index (κ1) is 9.92. The van der Waals surface area contributed by atoms with Gasteiger partial charge in [0.1, 0.15) is 5.78 Å². The second-order valence-electron chi connectivity index (χ2n) is 4.46. The van der Waals surface area contributed by atoms with Crippen LogP contribution in [0.15, 0.2) is 18.2 Å². The maximum atomic E-state index is 11.1. The van der Waals surface area contributed by atoms with E-state index in [4.69, 9.17) is 0 Å². The lowest BCUT2D eigenvalue weighted by atomic mass is 9.64. The van der Waals surface area contributed by atoms with E-state index in [1.807, 2.05) is 26.0 Å². The van der Waals surface area contributed by atoms with Crippen LogP contribution >= 0.6 is 0 Å². The molecule has 2 rings (SSSR count). The fourth-order valence-corrected chi connectivity index (χ4v) is 2.22. The summed E-state index contributed by atoms with van der Waals surface area (Å²) in [4.78, 5) is 11.1. The molecular weight excluding hydrogens is 186 g/mol. The number of aryl methyl sites for hydroxylation is 2. The quantitative estimate of drug-likeness (QED) is 0.697. The van der Waals surface area contributed by atoms with Crippen molar-refractivity contribution < 1.29 is 4.79 Å². The standard InChI is InChI=1S/C13H13NO/c1-9-3-10(2)5-11(4-9)13(8-14)6-12(15)7-13/h3-5H,6-7H2,1-2H3. The van der Waals surface area contributed by atoms with Crippen LogP contribution in [0, 0.1) is 25.2 Å². The summed E-state index contributed by atoms with van der Waals surface area (Å²) in [5, 5.41) is 9.19. The Morgan fingerprint density at radius 3 is 2.13 bits per heavy atom. The van der Waals surface area contributed by atoms with Crippen LogP contribution in [0.2, 0.25) is 0 Å². The van der Waals surface area contributed by atoms with Crippen LogP contribution in [0.3, 0.4) is 0 Å². The van der Waals surface area contributed by atoms with E-state index in [9.17, 15) is 10.1 Å². The highest BCUT2D eigenvalue weighted by molar-refractivity contribution is 5.90. The molecule has 0 aromatic heterocycles. The van der Waals surface area contributed by atoms with Crippen molar-refractivity contribution >= 4 is 5.78 Å². The average molecular weight is 199 g/mol. The molecule has 0 N–H and O–H groups in total. The first-order valence-corrected chi connectivity index (χ1v) is 5.07. The summed E-state index contributed by atoms with van der Waals surface area (Å²) in [6.45, 7) is 4.03. The number of nitriles is 1. The summed E-state index contributed by atoms with van der Waals surface area (Å²) in [6, 6.07) is 8.41. The minimum atomic E-state index is -0.534. The lowest BCUT2D eigenvalue weighted by Crippen LogP contribution is -2.40. The van der Waals surface area contributed by atoms with Gasteiger partial charge in [-0.1, -0.05) is 29.3 Å². The molecule has 76 valence electrons. The number of hydrogen-bond acceptors (Lipinski definition) is 2. The van der Waals surface area contributed by atoms with E-state index in [0.717, 1.165) is 16.7 Å². The number of rotatable bonds is 1. The third-order valence-electron chi connectivity index (χ3n) is 2.99. The number of carbonyl (C=O) groups excluding carboxylic acids is 1. The van der Waals surface area contributed by atoms with E-state index in [0.29, 0.717) is 12.8 Å². The molecule has 1 aromatic carbocycles. The van der Waals surface area contributed by atoms with Crippen molar-refractivity contribution in [3.05, 3.63) is 34.9 Å². The van der Waals surface area contributed by atoms with Gasteiger partial charge in [-0.3, -0.25) is 4.79 Å². The van der Waals surface area contributed by atoms with E-state index in [-0.39, 0.29) is 5.78 Å². The molecule has 0 atom stereocenters. The fourth-order valence-electron chi connectivity index (χ4n) is 2.22. The Hall–Kier alpha value is -1.62. The van der Waals surface area contributed by atoms with Crippen LogP contribution in [-0.4, -0.2) is 5.78 Å². The van der Waals surface area contributed by atoms with Gasteiger partial charge in [0.2, 0.25) is 0 Å². The summed E-state index contributed by atoms with van der Waals surface area (Å²) >= 11 is 0. The molecule has 0 aliphatic heterocycles. The van der Waals surface area contributed by atoms with Crippen molar-refractivity contribution in [2.45, 2.75) is 32.1 Å². The second kappa shape index (κ2) is 3.20.